The third kappa shape index (κ3) is 2.50. The Morgan fingerprint density at radius 3 is 3.00 bits per heavy atom. The number of ether oxygens (including phenoxy) is 1. The van der Waals surface area contributed by atoms with Crippen molar-refractivity contribution >= 4 is 19.0 Å². The van der Waals surface area contributed by atoms with Gasteiger partial charge in [-0.1, -0.05) is 0 Å². The molecule has 23 heavy (non-hydrogen) atoms. The molecule has 4 rings (SSSR count). The number of aromatic nitrogens is 4. The predicted molar refractivity (Wildman–Crippen MR) is 72.3 cm³/mol. The summed E-state index contributed by atoms with van der Waals surface area (Å²) in [6.07, 6.45) is -1.43. The summed E-state index contributed by atoms with van der Waals surface area (Å²) in [4.78, 5) is 31.3. The second kappa shape index (κ2) is 5.46. The molecule has 5 N–H and O–H groups in total. The van der Waals surface area contributed by atoms with E-state index >= 15 is 0 Å². The van der Waals surface area contributed by atoms with Crippen LogP contribution in [0.1, 0.15) is 6.23 Å². The molecule has 0 spiro atoms. The first kappa shape index (κ1) is 16.2. The summed E-state index contributed by atoms with van der Waals surface area (Å²) in [7, 11) is -4.19. The quantitative estimate of drug-likeness (QED) is 0.494. The summed E-state index contributed by atoms with van der Waals surface area (Å²) in [5.74, 6) is 0. The molecule has 0 saturated carbocycles. The molecule has 0 aromatic carbocycles. The molecule has 2 aliphatic rings. The minimum absolute atomic E-state index is 0. The fraction of sp³-hybridized carbons (Fsp3) is 0.500. The van der Waals surface area contributed by atoms with Crippen molar-refractivity contribution in [1.82, 2.24) is 19.5 Å². The van der Waals surface area contributed by atoms with Gasteiger partial charge in [0.15, 0.2) is 17.4 Å². The third-order valence-electron chi connectivity index (χ3n) is 3.61. The zero-order valence-electron chi connectivity index (χ0n) is 11.4. The number of phosphoric ester groups is 1. The van der Waals surface area contributed by atoms with E-state index in [1.165, 1.54) is 17.2 Å². The number of nitrogens with one attached hydrogen (secondary N) is 1. The van der Waals surface area contributed by atoms with Crippen molar-refractivity contribution in [1.29, 1.82) is 0 Å². The monoisotopic (exact) mass is 348 g/mol. The number of hydrogen-bond donors (Lipinski definition) is 3. The van der Waals surface area contributed by atoms with Crippen LogP contribution in [-0.2, 0) is 18.3 Å². The highest BCUT2D eigenvalue weighted by Gasteiger charge is 2.52. The van der Waals surface area contributed by atoms with Gasteiger partial charge in [-0.15, -0.1) is 0 Å². The fourth-order valence-corrected chi connectivity index (χ4v) is 3.58. The van der Waals surface area contributed by atoms with Crippen molar-refractivity contribution in [3.8, 4) is 0 Å². The van der Waals surface area contributed by atoms with Gasteiger partial charge in [-0.05, 0) is 0 Å². The van der Waals surface area contributed by atoms with E-state index in [0.29, 0.717) is 0 Å². The van der Waals surface area contributed by atoms with Crippen LogP contribution >= 0.6 is 7.82 Å². The Hall–Kier alpha value is -1.66. The maximum Gasteiger partial charge on any atom is 0.472 e. The Bertz CT molecular complexity index is 836. The number of aromatic amines is 1. The molecule has 2 fully saturated rings. The average molecular weight is 348 g/mol. The molecule has 2 aliphatic heterocycles. The lowest BCUT2D eigenvalue weighted by Gasteiger charge is -2.27. The summed E-state index contributed by atoms with van der Waals surface area (Å²) in [6, 6.07) is 0. The second-order valence-electron chi connectivity index (χ2n) is 4.95. The maximum atomic E-state index is 11.6. The smallest absolute Gasteiger partial charge is 0.412 e. The maximum absolute atomic E-state index is 11.6. The van der Waals surface area contributed by atoms with E-state index < -0.39 is 37.9 Å². The number of aliphatic hydroxyl groups is 1. The van der Waals surface area contributed by atoms with Gasteiger partial charge in [0.1, 0.15) is 18.3 Å². The number of hydrogen-bond acceptors (Lipinski definition) is 8. The molecule has 126 valence electrons. The van der Waals surface area contributed by atoms with Crippen LogP contribution in [0.25, 0.3) is 11.2 Å². The summed E-state index contributed by atoms with van der Waals surface area (Å²) in [5.41, 5.74) is -0.106. The first-order chi connectivity index (χ1) is 10.5. The minimum atomic E-state index is -4.19. The standard InChI is InChI=1S/C10H11N4O7P.H2O/c15-6-7-4(1-19-22(17,18)21-7)20-10(6)14-3-13-5-8(14)11-2-12-9(5)16;/h2-4,6-7,10,15H,1H2,(H,17,18)(H,11,12,16);1H2. The van der Waals surface area contributed by atoms with Crippen LogP contribution in [0.3, 0.4) is 0 Å². The SMILES string of the molecule is O.O=c1[nH]cnc2c1ncn2C1OC2COP(=O)(O)OC2C1O. The van der Waals surface area contributed by atoms with Crippen LogP contribution in [0.15, 0.2) is 17.4 Å². The Kier molecular flexibility index (Phi) is 3.84. The van der Waals surface area contributed by atoms with Crippen molar-refractivity contribution < 1.29 is 33.8 Å². The fourth-order valence-electron chi connectivity index (χ4n) is 2.61. The molecule has 0 amide bonds. The molecule has 12 nitrogen and oxygen atoms in total. The van der Waals surface area contributed by atoms with E-state index in [2.05, 4.69) is 19.5 Å². The first-order valence-electron chi connectivity index (χ1n) is 6.36. The van der Waals surface area contributed by atoms with Crippen molar-refractivity contribution in [2.45, 2.75) is 24.5 Å². The molecule has 2 saturated heterocycles. The van der Waals surface area contributed by atoms with Gasteiger partial charge in [0, 0.05) is 0 Å². The van der Waals surface area contributed by atoms with Crippen LogP contribution in [-0.4, -0.2) is 59.9 Å². The van der Waals surface area contributed by atoms with Crippen LogP contribution in [0.5, 0.6) is 0 Å². The highest BCUT2D eigenvalue weighted by molar-refractivity contribution is 7.47. The average Bonchev–Trinajstić information content (AvgIpc) is 3.01. The highest BCUT2D eigenvalue weighted by atomic mass is 31.2. The number of rotatable bonds is 1. The number of fused-ring (bicyclic) bond motifs is 2. The van der Waals surface area contributed by atoms with Crippen LogP contribution < -0.4 is 5.56 Å². The van der Waals surface area contributed by atoms with Crippen molar-refractivity contribution in [2.24, 2.45) is 0 Å². The van der Waals surface area contributed by atoms with Gasteiger partial charge >= 0.3 is 7.82 Å². The molecule has 4 heterocycles. The third-order valence-corrected chi connectivity index (χ3v) is 4.59. The van der Waals surface area contributed by atoms with Gasteiger partial charge in [-0.3, -0.25) is 18.4 Å². The van der Waals surface area contributed by atoms with Crippen LogP contribution in [0.4, 0.5) is 0 Å². The van der Waals surface area contributed by atoms with Crippen molar-refractivity contribution in [3.63, 3.8) is 0 Å². The van der Waals surface area contributed by atoms with Crippen molar-refractivity contribution in [3.05, 3.63) is 23.0 Å². The Balaban J connectivity index is 0.00000156. The molecule has 5 unspecified atom stereocenters. The van der Waals surface area contributed by atoms with Crippen LogP contribution in [0, 0.1) is 0 Å². The van der Waals surface area contributed by atoms with Crippen molar-refractivity contribution in [2.75, 3.05) is 6.61 Å². The highest BCUT2D eigenvalue weighted by Crippen LogP contribution is 2.52. The second-order valence-corrected chi connectivity index (χ2v) is 6.35. The first-order valence-corrected chi connectivity index (χ1v) is 7.85. The molecule has 2 aromatic rings. The Morgan fingerprint density at radius 2 is 2.22 bits per heavy atom. The van der Waals surface area contributed by atoms with E-state index in [4.69, 9.17) is 9.26 Å². The van der Waals surface area contributed by atoms with Gasteiger partial charge in [0.25, 0.3) is 5.56 Å². The van der Waals surface area contributed by atoms with Gasteiger partial charge in [0.05, 0.1) is 19.3 Å². The molecular formula is C10H13N4O8P. The van der Waals surface area contributed by atoms with E-state index in [1.54, 1.807) is 0 Å². The zero-order chi connectivity index (χ0) is 15.5. The number of H-pyrrole nitrogens is 1. The molecular weight excluding hydrogens is 335 g/mol. The molecule has 0 bridgehead atoms. The van der Waals surface area contributed by atoms with Gasteiger partial charge in [-0.25, -0.2) is 14.5 Å². The summed E-state index contributed by atoms with van der Waals surface area (Å²) in [6.45, 7) is -0.188. The van der Waals surface area contributed by atoms with E-state index in [9.17, 15) is 19.4 Å². The zero-order valence-corrected chi connectivity index (χ0v) is 12.3. The normalized spacial score (nSPS) is 36.6. The lowest BCUT2D eigenvalue weighted by Crippen LogP contribution is -2.39. The Morgan fingerprint density at radius 1 is 1.43 bits per heavy atom. The lowest BCUT2D eigenvalue weighted by atomic mass is 10.1. The Labute approximate surface area is 127 Å². The van der Waals surface area contributed by atoms with Gasteiger partial charge < -0.3 is 25.2 Å². The molecule has 0 aliphatic carbocycles. The lowest BCUT2D eigenvalue weighted by molar-refractivity contribution is -0.0664. The number of nitrogens with zero attached hydrogens (tertiary/aromatic N) is 3. The summed E-state index contributed by atoms with van der Waals surface area (Å²) in [5, 5.41) is 10.3. The number of imidazole rings is 1. The molecule has 13 heteroatoms. The number of phosphoric acid groups is 1. The minimum Gasteiger partial charge on any atom is -0.412 e. The predicted octanol–water partition coefficient (Wildman–Crippen LogP) is -1.93. The number of aliphatic hydroxyl groups excluding tert-OH is 1. The summed E-state index contributed by atoms with van der Waals surface area (Å²) < 4.78 is 27.9. The van der Waals surface area contributed by atoms with E-state index in [-0.39, 0.29) is 23.2 Å². The van der Waals surface area contributed by atoms with Crippen LogP contribution in [0.2, 0.25) is 0 Å². The van der Waals surface area contributed by atoms with E-state index in [1.807, 2.05) is 0 Å². The molecule has 5 atom stereocenters. The van der Waals surface area contributed by atoms with E-state index in [0.717, 1.165) is 0 Å². The van der Waals surface area contributed by atoms with Gasteiger partial charge in [-0.2, -0.15) is 0 Å². The summed E-state index contributed by atoms with van der Waals surface area (Å²) >= 11 is 0. The topological polar surface area (TPSA) is 180 Å². The largest absolute Gasteiger partial charge is 0.472 e. The molecule has 0 radical (unpaired) electrons. The molecule has 2 aromatic heterocycles. The van der Waals surface area contributed by atoms with Gasteiger partial charge in [0.2, 0.25) is 0 Å².